The van der Waals surface area contributed by atoms with Gasteiger partial charge in [0.25, 0.3) is 5.78 Å². The first-order valence-electron chi connectivity index (χ1n) is 8.86. The normalized spacial score (nSPS) is 22.9. The monoisotopic (exact) mass is 319 g/mol. The molecule has 0 radical (unpaired) electrons. The van der Waals surface area contributed by atoms with E-state index in [1.165, 1.54) is 29.7 Å². The summed E-state index contributed by atoms with van der Waals surface area (Å²) in [7, 11) is 0. The van der Waals surface area contributed by atoms with Crippen molar-refractivity contribution in [2.75, 3.05) is 0 Å². The minimum Gasteiger partial charge on any atom is -0.289 e. The Hall–Kier alpha value is -2.27. The summed E-state index contributed by atoms with van der Waals surface area (Å²) < 4.78 is 2.00. The lowest BCUT2D eigenvalue weighted by Gasteiger charge is -2.36. The number of aryl methyl sites for hydroxylation is 1. The van der Waals surface area contributed by atoms with Gasteiger partial charge < -0.3 is 0 Å². The fourth-order valence-corrected chi connectivity index (χ4v) is 4.31. The second-order valence-corrected chi connectivity index (χ2v) is 6.86. The number of fused-ring (bicyclic) bond motifs is 6. The molecule has 5 heteroatoms. The molecule has 1 aromatic carbocycles. The van der Waals surface area contributed by atoms with Gasteiger partial charge in [-0.05, 0) is 18.4 Å². The van der Waals surface area contributed by atoms with Crippen molar-refractivity contribution in [2.24, 2.45) is 0 Å². The molecule has 24 heavy (non-hydrogen) atoms. The van der Waals surface area contributed by atoms with Crippen molar-refractivity contribution >= 4 is 5.78 Å². The molecule has 1 fully saturated rings. The highest BCUT2D eigenvalue weighted by molar-refractivity contribution is 5.38. The van der Waals surface area contributed by atoms with Gasteiger partial charge in [-0.2, -0.15) is 4.98 Å². The highest BCUT2D eigenvalue weighted by atomic mass is 15.3. The first-order chi connectivity index (χ1) is 11.8. The average Bonchev–Trinajstić information content (AvgIpc) is 3.16. The Morgan fingerprint density at radius 1 is 1.17 bits per heavy atom. The predicted molar refractivity (Wildman–Crippen MR) is 91.6 cm³/mol. The fourth-order valence-electron chi connectivity index (χ4n) is 4.31. The number of benzene rings is 1. The molecule has 4 heterocycles. The van der Waals surface area contributed by atoms with Crippen LogP contribution >= 0.6 is 0 Å². The Morgan fingerprint density at radius 2 is 2.04 bits per heavy atom. The van der Waals surface area contributed by atoms with E-state index in [9.17, 15) is 0 Å². The zero-order valence-corrected chi connectivity index (χ0v) is 13.9. The zero-order valence-electron chi connectivity index (χ0n) is 13.9. The Morgan fingerprint density at radius 3 is 2.88 bits per heavy atom. The molecule has 0 unspecified atom stereocenters. The molecule has 2 aromatic heterocycles. The molecule has 1 saturated heterocycles. The van der Waals surface area contributed by atoms with Crippen LogP contribution in [0.4, 0.5) is 0 Å². The smallest absolute Gasteiger partial charge is 0.252 e. The van der Waals surface area contributed by atoms with E-state index >= 15 is 0 Å². The third kappa shape index (κ3) is 2.08. The minimum absolute atomic E-state index is 0.463. The van der Waals surface area contributed by atoms with Crippen LogP contribution in [0.25, 0.3) is 5.78 Å². The Bertz CT molecular complexity index is 885. The molecule has 0 N–H and O–H groups in total. The van der Waals surface area contributed by atoms with Crippen molar-refractivity contribution in [1.29, 1.82) is 0 Å². The molecular weight excluding hydrogens is 298 g/mol. The summed E-state index contributed by atoms with van der Waals surface area (Å²) in [4.78, 5) is 11.8. The largest absolute Gasteiger partial charge is 0.289 e. The average molecular weight is 319 g/mol. The second-order valence-electron chi connectivity index (χ2n) is 6.86. The molecule has 0 amide bonds. The third-order valence-electron chi connectivity index (χ3n) is 5.50. The lowest BCUT2D eigenvalue weighted by molar-refractivity contribution is 0.165. The number of rotatable bonds is 3. The van der Waals surface area contributed by atoms with Crippen LogP contribution < -0.4 is 0 Å². The molecule has 2 atom stereocenters. The van der Waals surface area contributed by atoms with Crippen molar-refractivity contribution in [2.45, 2.75) is 51.2 Å². The summed E-state index contributed by atoms with van der Waals surface area (Å²) in [6.07, 6.45) is 6.41. The van der Waals surface area contributed by atoms with E-state index in [1.807, 2.05) is 10.7 Å². The summed E-state index contributed by atoms with van der Waals surface area (Å²) in [6, 6.07) is 11.8. The fraction of sp³-hybridized carbons (Fsp3) is 0.421. The van der Waals surface area contributed by atoms with Crippen LogP contribution in [0.5, 0.6) is 0 Å². The van der Waals surface area contributed by atoms with Crippen molar-refractivity contribution in [1.82, 2.24) is 24.5 Å². The summed E-state index contributed by atoms with van der Waals surface area (Å²) in [5.74, 6) is 1.64. The maximum atomic E-state index is 4.67. The van der Waals surface area contributed by atoms with Crippen LogP contribution in [-0.4, -0.2) is 30.5 Å². The van der Waals surface area contributed by atoms with E-state index in [0.717, 1.165) is 31.0 Å². The van der Waals surface area contributed by atoms with E-state index in [0.29, 0.717) is 12.1 Å². The van der Waals surface area contributed by atoms with E-state index in [2.05, 4.69) is 57.2 Å². The molecule has 122 valence electrons. The summed E-state index contributed by atoms with van der Waals surface area (Å²) in [6.45, 7) is 3.11. The second kappa shape index (κ2) is 5.38. The Kier molecular flexibility index (Phi) is 3.16. The van der Waals surface area contributed by atoms with Crippen LogP contribution in [0, 0.1) is 0 Å². The summed E-state index contributed by atoms with van der Waals surface area (Å²) in [5.41, 5.74) is 4.06. The SMILES string of the molecule is CCc1nc2ncc3c(n2n1)C[C@H]1CC[C@@H]3N1Cc1ccccc1. The third-order valence-corrected chi connectivity index (χ3v) is 5.50. The van der Waals surface area contributed by atoms with Gasteiger partial charge in [-0.25, -0.2) is 9.50 Å². The molecule has 2 aliphatic heterocycles. The molecule has 3 aromatic rings. The molecule has 2 aliphatic rings. The van der Waals surface area contributed by atoms with E-state index in [4.69, 9.17) is 0 Å². The molecule has 2 bridgehead atoms. The Balaban J connectivity index is 1.55. The first-order valence-corrected chi connectivity index (χ1v) is 8.86. The number of nitrogens with zero attached hydrogens (tertiary/aromatic N) is 5. The lowest BCUT2D eigenvalue weighted by Crippen LogP contribution is -2.38. The van der Waals surface area contributed by atoms with Crippen molar-refractivity contribution in [3.63, 3.8) is 0 Å². The molecule has 5 rings (SSSR count). The first kappa shape index (κ1) is 14.1. The highest BCUT2D eigenvalue weighted by Gasteiger charge is 2.41. The van der Waals surface area contributed by atoms with Crippen LogP contribution in [0.1, 0.15) is 48.5 Å². The number of hydrogen-bond acceptors (Lipinski definition) is 4. The quantitative estimate of drug-likeness (QED) is 0.744. The van der Waals surface area contributed by atoms with Crippen molar-refractivity contribution in [3.8, 4) is 0 Å². The minimum atomic E-state index is 0.463. The van der Waals surface area contributed by atoms with Crippen molar-refractivity contribution in [3.05, 3.63) is 59.2 Å². The number of hydrogen-bond donors (Lipinski definition) is 0. The van der Waals surface area contributed by atoms with Gasteiger partial charge in [0.2, 0.25) is 0 Å². The summed E-state index contributed by atoms with van der Waals surface area (Å²) in [5, 5.41) is 4.67. The molecule has 5 nitrogen and oxygen atoms in total. The van der Waals surface area contributed by atoms with E-state index in [-0.39, 0.29) is 0 Å². The van der Waals surface area contributed by atoms with E-state index < -0.39 is 0 Å². The topological polar surface area (TPSA) is 46.3 Å². The van der Waals surface area contributed by atoms with Crippen LogP contribution in [0.3, 0.4) is 0 Å². The van der Waals surface area contributed by atoms with Gasteiger partial charge in [0.15, 0.2) is 5.82 Å². The van der Waals surface area contributed by atoms with Gasteiger partial charge in [-0.1, -0.05) is 37.3 Å². The maximum Gasteiger partial charge on any atom is 0.252 e. The summed E-state index contributed by atoms with van der Waals surface area (Å²) >= 11 is 0. The molecular formula is C19H21N5. The molecule has 0 spiro atoms. The van der Waals surface area contributed by atoms with Crippen LogP contribution in [0.15, 0.2) is 36.5 Å². The van der Waals surface area contributed by atoms with Crippen molar-refractivity contribution < 1.29 is 0 Å². The van der Waals surface area contributed by atoms with Crippen LogP contribution in [-0.2, 0) is 19.4 Å². The van der Waals surface area contributed by atoms with Gasteiger partial charge >= 0.3 is 0 Å². The van der Waals surface area contributed by atoms with Gasteiger partial charge in [-0.15, -0.1) is 5.10 Å². The Labute approximate surface area is 141 Å². The predicted octanol–water partition coefficient (Wildman–Crippen LogP) is 2.95. The standard InChI is InChI=1S/C19H21N5/c1-2-18-21-19-20-11-15-16-9-8-14(10-17(15)24(19)22-18)23(16)12-13-6-4-3-5-7-13/h3-7,11,14,16H,2,8-10,12H2,1H3/t14-,16+/m1/s1. The number of aromatic nitrogens is 4. The van der Waals surface area contributed by atoms with Crippen LogP contribution in [0.2, 0.25) is 0 Å². The molecule has 0 aliphatic carbocycles. The maximum absolute atomic E-state index is 4.67. The van der Waals surface area contributed by atoms with Gasteiger partial charge in [0.05, 0.1) is 5.69 Å². The van der Waals surface area contributed by atoms with Gasteiger partial charge in [-0.3, -0.25) is 4.90 Å². The zero-order chi connectivity index (χ0) is 16.1. The van der Waals surface area contributed by atoms with Gasteiger partial charge in [0.1, 0.15) is 0 Å². The molecule has 0 saturated carbocycles. The lowest BCUT2D eigenvalue weighted by atomic mass is 9.98. The van der Waals surface area contributed by atoms with Gasteiger partial charge in [0, 0.05) is 43.2 Å². The van der Waals surface area contributed by atoms with E-state index in [1.54, 1.807) is 0 Å². The highest BCUT2D eigenvalue weighted by Crippen LogP contribution is 2.44.